The van der Waals surface area contributed by atoms with Gasteiger partial charge in [0.05, 0.1) is 44.9 Å². The summed E-state index contributed by atoms with van der Waals surface area (Å²) in [4.78, 5) is 68.8. The first kappa shape index (κ1) is 69.6. The molecular formula is C47H60Cl3K2N5O16. The number of carbonyl (C=O) groups excluding carboxylic acids is 4. The molecule has 0 fully saturated rings. The SMILES string of the molecule is COc1ccc(C(=O)Cl)c(OC)n1.COc1ccc(C(=O)N(NC(=O)c2ccc3c(c2C)OCCO3)C(C)(C)C)c(OC)n1.Cc1c(C(=O)NCC(C)(C)C)ccc2c1OCCO2.ClCCl.O=C(O)O[O-].[H-].[K+].[K+]. The van der Waals surface area contributed by atoms with E-state index >= 15 is 0 Å². The second kappa shape index (κ2) is 34.3. The van der Waals surface area contributed by atoms with E-state index in [-0.39, 0.29) is 144 Å². The molecule has 0 unspecified atom stereocenters. The monoisotopic (exact) mass is 1130 g/mol. The Hall–Kier alpha value is -3.41. The molecule has 2 aromatic carbocycles. The topological polar surface area (TPSA) is 265 Å². The molecule has 2 aliphatic heterocycles. The molecule has 0 radical (unpaired) electrons. The normalized spacial score (nSPS) is 11.5. The van der Waals surface area contributed by atoms with Gasteiger partial charge in [-0.1, -0.05) is 20.8 Å². The zero-order valence-electron chi connectivity index (χ0n) is 44.4. The summed E-state index contributed by atoms with van der Waals surface area (Å²) < 4.78 is 42.4. The number of fused-ring (bicyclic) bond motifs is 2. The molecular weight excluding hydrogens is 1080 g/mol. The van der Waals surface area contributed by atoms with Crippen molar-refractivity contribution in [3.05, 3.63) is 81.9 Å². The molecule has 2 aliphatic rings. The molecule has 0 bridgehead atoms. The Morgan fingerprint density at radius 2 is 1.05 bits per heavy atom. The maximum atomic E-state index is 13.4. The standard InChI is InChI=1S/C22H27N3O6.C15H21NO3.C8H8ClNO3.CH2Cl2.CH2O4.2K.H/c1-13-14(7-9-16-18(13)31-12-11-30-16)19(26)24-25(22(2,3)4)21(27)15-8-10-17(28-5)23-20(15)29-6;1-10-11(14(17)16-9-15(2,3)4)5-6-12-13(10)19-8-7-18-12;1-12-6-4-3-5(7(9)11)8(10-6)13-2;2-1-3;2-1(3)5-4;;;/h7-10H,11-12H2,1-6H3,(H,24,26);5-6H,7-9H2,1-4H3,(H,16,17);3-4H,1-2H3;1H2;4H,(H,2,3);;;/q;;;;;2*+1;-1/p-1. The first-order chi connectivity index (χ1) is 33.4. The number of alkyl halides is 2. The van der Waals surface area contributed by atoms with Gasteiger partial charge in [-0.2, -0.15) is 9.97 Å². The predicted molar refractivity (Wildman–Crippen MR) is 261 cm³/mol. The average Bonchev–Trinajstić information content (AvgIpc) is 3.34. The molecule has 0 saturated heterocycles. The first-order valence-electron chi connectivity index (χ1n) is 21.2. The number of carboxylic acid groups (broad SMARTS) is 1. The van der Waals surface area contributed by atoms with Crippen LogP contribution in [0.15, 0.2) is 48.5 Å². The molecule has 4 aromatic rings. The van der Waals surface area contributed by atoms with Crippen LogP contribution in [0.3, 0.4) is 0 Å². The van der Waals surface area contributed by atoms with Gasteiger partial charge in [0.2, 0.25) is 23.5 Å². The maximum Gasteiger partial charge on any atom is 1.00 e. The molecule has 3 N–H and O–H groups in total. The fourth-order valence-corrected chi connectivity index (χ4v) is 6.09. The van der Waals surface area contributed by atoms with Gasteiger partial charge in [-0.15, -0.1) is 23.2 Å². The van der Waals surface area contributed by atoms with E-state index in [1.54, 1.807) is 43.3 Å². The molecule has 4 heterocycles. The first-order valence-corrected chi connectivity index (χ1v) is 22.6. The number of nitrogens with one attached hydrogen (secondary N) is 2. The van der Waals surface area contributed by atoms with Gasteiger partial charge < -0.3 is 59.9 Å². The van der Waals surface area contributed by atoms with Gasteiger partial charge >= 0.3 is 109 Å². The Labute approximate surface area is 526 Å². The summed E-state index contributed by atoms with van der Waals surface area (Å²) in [5.74, 6) is 2.51. The van der Waals surface area contributed by atoms with E-state index < -0.39 is 28.8 Å². The molecule has 0 spiro atoms. The largest absolute Gasteiger partial charge is 1.00 e. The van der Waals surface area contributed by atoms with Crippen molar-refractivity contribution in [2.45, 2.75) is 60.9 Å². The zero-order valence-corrected chi connectivity index (χ0v) is 51.9. The summed E-state index contributed by atoms with van der Waals surface area (Å²) in [6, 6.07) is 13.1. The van der Waals surface area contributed by atoms with Crippen molar-refractivity contribution in [3.8, 4) is 46.5 Å². The molecule has 2 aromatic heterocycles. The number of hydrazine groups is 1. The smallest absolute Gasteiger partial charge is 1.00 e. The van der Waals surface area contributed by atoms with Gasteiger partial charge in [0, 0.05) is 40.9 Å². The molecule has 3 amide bonds. The minimum absolute atomic E-state index is 0. The van der Waals surface area contributed by atoms with Crippen LogP contribution >= 0.6 is 34.8 Å². The van der Waals surface area contributed by atoms with Crippen LogP contribution in [0, 0.1) is 19.3 Å². The molecule has 26 heteroatoms. The molecule has 0 saturated carbocycles. The number of ether oxygens (including phenoxy) is 8. The average molecular weight is 1140 g/mol. The van der Waals surface area contributed by atoms with Crippen molar-refractivity contribution in [2.75, 3.05) is 66.8 Å². The second-order valence-corrected chi connectivity index (χ2v) is 17.7. The number of aromatic nitrogens is 2. The van der Waals surface area contributed by atoms with E-state index in [0.717, 1.165) is 11.3 Å². The van der Waals surface area contributed by atoms with Crippen LogP contribution in [0.25, 0.3) is 0 Å². The van der Waals surface area contributed by atoms with Crippen molar-refractivity contribution >= 4 is 63.9 Å². The summed E-state index contributed by atoms with van der Waals surface area (Å²) in [5.41, 5.74) is 4.98. The van der Waals surface area contributed by atoms with Crippen LogP contribution in [-0.2, 0) is 4.89 Å². The Morgan fingerprint density at radius 1 is 0.671 bits per heavy atom. The quantitative estimate of drug-likeness (QED) is 0.0701. The van der Waals surface area contributed by atoms with Gasteiger partial charge in [0.1, 0.15) is 32.0 Å². The summed E-state index contributed by atoms with van der Waals surface area (Å²) >= 11 is 14.8. The number of carbonyl (C=O) groups is 5. The van der Waals surface area contributed by atoms with E-state index in [4.69, 9.17) is 87.9 Å². The molecule has 6 rings (SSSR count). The molecule has 21 nitrogen and oxygen atoms in total. The number of hydrogen-bond donors (Lipinski definition) is 3. The number of benzene rings is 2. The van der Waals surface area contributed by atoms with Crippen LogP contribution in [0.4, 0.5) is 4.79 Å². The Kier molecular flexibility index (Phi) is 32.7. The number of methoxy groups -OCH3 is 4. The third-order valence-electron chi connectivity index (χ3n) is 9.26. The number of rotatable bonds is 9. The number of pyridine rings is 2. The van der Waals surface area contributed by atoms with Crippen molar-refractivity contribution in [2.24, 2.45) is 5.41 Å². The third kappa shape index (κ3) is 22.4. The van der Waals surface area contributed by atoms with Crippen molar-refractivity contribution in [1.82, 2.24) is 25.7 Å². The third-order valence-corrected chi connectivity index (χ3v) is 9.46. The fraction of sp³-hybridized carbons (Fsp3) is 0.426. The molecule has 0 atom stereocenters. The van der Waals surface area contributed by atoms with E-state index in [2.05, 4.69) is 46.4 Å². The van der Waals surface area contributed by atoms with Gasteiger partial charge in [0.15, 0.2) is 23.0 Å². The van der Waals surface area contributed by atoms with E-state index in [1.807, 2.05) is 27.7 Å². The number of halogens is 3. The Morgan fingerprint density at radius 3 is 1.42 bits per heavy atom. The zero-order chi connectivity index (χ0) is 53.6. The minimum atomic E-state index is -1.80. The van der Waals surface area contributed by atoms with E-state index in [1.165, 1.54) is 45.6 Å². The van der Waals surface area contributed by atoms with Crippen LogP contribution in [0.5, 0.6) is 46.5 Å². The van der Waals surface area contributed by atoms with E-state index in [0.29, 0.717) is 78.7 Å². The summed E-state index contributed by atoms with van der Waals surface area (Å²) in [6.45, 7) is 18.0. The van der Waals surface area contributed by atoms with Gasteiger partial charge in [0.25, 0.3) is 23.0 Å². The fourth-order valence-electron chi connectivity index (χ4n) is 5.95. The summed E-state index contributed by atoms with van der Waals surface area (Å²) in [7, 11) is 5.77. The summed E-state index contributed by atoms with van der Waals surface area (Å²) in [6.07, 6.45) is -1.80. The Bertz CT molecular complexity index is 2470. The van der Waals surface area contributed by atoms with Crippen LogP contribution < -0.4 is 157 Å². The Balaban J connectivity index is 0. The van der Waals surface area contributed by atoms with E-state index in [9.17, 15) is 19.2 Å². The van der Waals surface area contributed by atoms with Gasteiger partial charge in [-0.25, -0.2) is 9.80 Å². The number of nitrogens with zero attached hydrogens (tertiary/aromatic N) is 3. The van der Waals surface area contributed by atoms with Gasteiger partial charge in [-0.3, -0.25) is 24.6 Å². The van der Waals surface area contributed by atoms with Crippen LogP contribution in [0.1, 0.15) is 95.5 Å². The molecule has 392 valence electrons. The molecule has 73 heavy (non-hydrogen) atoms. The van der Waals surface area contributed by atoms with Gasteiger partial charge in [-0.05, 0) is 88.0 Å². The molecule has 0 aliphatic carbocycles. The minimum Gasteiger partial charge on any atom is -1.00 e. The number of amides is 3. The summed E-state index contributed by atoms with van der Waals surface area (Å²) in [5, 5.41) is 19.5. The number of hydrogen-bond acceptors (Lipinski definition) is 17. The second-order valence-electron chi connectivity index (χ2n) is 16.6. The van der Waals surface area contributed by atoms with Crippen molar-refractivity contribution < 1.29 is 181 Å². The predicted octanol–water partition coefficient (Wildman–Crippen LogP) is 1.28. The van der Waals surface area contributed by atoms with Crippen LogP contribution in [-0.4, -0.2) is 121 Å². The van der Waals surface area contributed by atoms with Crippen molar-refractivity contribution in [3.63, 3.8) is 0 Å². The maximum absolute atomic E-state index is 13.4. The van der Waals surface area contributed by atoms with Crippen molar-refractivity contribution in [1.29, 1.82) is 0 Å². The van der Waals surface area contributed by atoms with Crippen LogP contribution in [0.2, 0.25) is 0 Å².